The Kier molecular flexibility index (Phi) is 5.53. The monoisotopic (exact) mass is 456 g/mol. The van der Waals surface area contributed by atoms with Gasteiger partial charge >= 0.3 is 0 Å². The number of aromatic nitrogens is 1. The van der Waals surface area contributed by atoms with Gasteiger partial charge in [0.25, 0.3) is 0 Å². The van der Waals surface area contributed by atoms with Crippen molar-refractivity contribution < 1.29 is 5.11 Å². The molecule has 23 heavy (non-hydrogen) atoms. The van der Waals surface area contributed by atoms with E-state index in [1.165, 1.54) is 3.57 Å². The summed E-state index contributed by atoms with van der Waals surface area (Å²) in [6.07, 6.45) is 0. The molecule has 118 valence electrons. The number of hydrogen-bond acceptors (Lipinski definition) is 3. The van der Waals surface area contributed by atoms with E-state index in [0.29, 0.717) is 11.6 Å². The number of thiazole rings is 1. The molecule has 0 fully saturated rings. The van der Waals surface area contributed by atoms with Gasteiger partial charge in [-0.15, -0.1) is 11.3 Å². The molecule has 0 saturated carbocycles. The second-order valence-electron chi connectivity index (χ2n) is 4.88. The fourth-order valence-corrected chi connectivity index (χ4v) is 3.74. The number of nitrogens with zero attached hydrogens (tertiary/aromatic N) is 2. The Labute approximate surface area is 157 Å². The predicted octanol–water partition coefficient (Wildman–Crippen LogP) is 4.70. The number of halogens is 2. The van der Waals surface area contributed by atoms with Gasteiger partial charge in [0, 0.05) is 20.5 Å². The van der Waals surface area contributed by atoms with Gasteiger partial charge < -0.3 is 9.67 Å². The molecule has 0 aliphatic carbocycles. The molecule has 1 N–H and O–H groups in total. The Morgan fingerprint density at radius 3 is 2.65 bits per heavy atom. The zero-order valence-corrected chi connectivity index (χ0v) is 15.8. The van der Waals surface area contributed by atoms with Crippen molar-refractivity contribution in [1.29, 1.82) is 0 Å². The van der Waals surface area contributed by atoms with Crippen LogP contribution < -0.4 is 4.80 Å². The Bertz CT molecular complexity index is 871. The Morgan fingerprint density at radius 2 is 1.96 bits per heavy atom. The molecule has 1 heterocycles. The van der Waals surface area contributed by atoms with E-state index < -0.39 is 0 Å². The number of hydrogen-bond donors (Lipinski definition) is 1. The van der Waals surface area contributed by atoms with Crippen molar-refractivity contribution in [2.24, 2.45) is 4.99 Å². The maximum Gasteiger partial charge on any atom is 0.190 e. The van der Waals surface area contributed by atoms with Crippen molar-refractivity contribution in [1.82, 2.24) is 4.57 Å². The predicted molar refractivity (Wildman–Crippen MR) is 104 cm³/mol. The fourth-order valence-electron chi connectivity index (χ4n) is 2.24. The van der Waals surface area contributed by atoms with Gasteiger partial charge in [-0.3, -0.25) is 0 Å². The molecule has 0 aliphatic heterocycles. The molecule has 0 unspecified atom stereocenters. The smallest absolute Gasteiger partial charge is 0.190 e. The summed E-state index contributed by atoms with van der Waals surface area (Å²) < 4.78 is 3.23. The highest BCUT2D eigenvalue weighted by Gasteiger charge is 2.08. The largest absolute Gasteiger partial charge is 0.395 e. The first-order valence-corrected chi connectivity index (χ1v) is 9.36. The van der Waals surface area contributed by atoms with Crippen molar-refractivity contribution in [3.63, 3.8) is 0 Å². The van der Waals surface area contributed by atoms with Crippen LogP contribution >= 0.6 is 45.5 Å². The number of rotatable bonds is 4. The molecular weight excluding hydrogens is 443 g/mol. The minimum Gasteiger partial charge on any atom is -0.395 e. The first kappa shape index (κ1) is 16.7. The van der Waals surface area contributed by atoms with Crippen molar-refractivity contribution in [2.45, 2.75) is 6.54 Å². The number of aliphatic hydroxyl groups is 1. The van der Waals surface area contributed by atoms with E-state index in [9.17, 15) is 5.11 Å². The molecule has 0 spiro atoms. The van der Waals surface area contributed by atoms with Gasteiger partial charge in [-0.1, -0.05) is 29.8 Å². The normalized spacial score (nSPS) is 11.9. The second kappa shape index (κ2) is 7.61. The maximum absolute atomic E-state index is 9.41. The summed E-state index contributed by atoms with van der Waals surface area (Å²) in [5.41, 5.74) is 2.98. The minimum atomic E-state index is 0.0663. The second-order valence-corrected chi connectivity index (χ2v) is 7.40. The van der Waals surface area contributed by atoms with Crippen LogP contribution in [0.3, 0.4) is 0 Å². The van der Waals surface area contributed by atoms with Crippen LogP contribution in [-0.2, 0) is 6.54 Å². The Hall–Kier alpha value is -1.15. The van der Waals surface area contributed by atoms with E-state index in [0.717, 1.165) is 21.7 Å². The maximum atomic E-state index is 9.41. The third-order valence-corrected chi connectivity index (χ3v) is 5.11. The summed E-state index contributed by atoms with van der Waals surface area (Å²) in [6, 6.07) is 15.8. The van der Waals surface area contributed by atoms with E-state index >= 15 is 0 Å². The van der Waals surface area contributed by atoms with Crippen LogP contribution in [0.25, 0.3) is 11.3 Å². The van der Waals surface area contributed by atoms with Crippen LogP contribution in [0.15, 0.2) is 58.9 Å². The van der Waals surface area contributed by atoms with Crippen LogP contribution in [0, 0.1) is 3.57 Å². The van der Waals surface area contributed by atoms with Gasteiger partial charge in [0.1, 0.15) is 0 Å². The van der Waals surface area contributed by atoms with Crippen molar-refractivity contribution >= 4 is 51.2 Å². The molecule has 0 bridgehead atoms. The van der Waals surface area contributed by atoms with Crippen LogP contribution in [0.5, 0.6) is 0 Å². The van der Waals surface area contributed by atoms with Crippen LogP contribution in [-0.4, -0.2) is 16.3 Å². The highest BCUT2D eigenvalue weighted by molar-refractivity contribution is 14.1. The quantitative estimate of drug-likeness (QED) is 0.568. The first-order chi connectivity index (χ1) is 11.2. The molecule has 3 nitrogen and oxygen atoms in total. The van der Waals surface area contributed by atoms with Gasteiger partial charge in [-0.05, 0) is 58.5 Å². The van der Waals surface area contributed by atoms with Crippen molar-refractivity contribution in [3.8, 4) is 11.3 Å². The van der Waals surface area contributed by atoms with Gasteiger partial charge in [-0.25, -0.2) is 4.99 Å². The average Bonchev–Trinajstić information content (AvgIpc) is 2.91. The van der Waals surface area contributed by atoms with Crippen LogP contribution in [0.2, 0.25) is 5.02 Å². The zero-order chi connectivity index (χ0) is 16.2. The molecule has 3 rings (SSSR count). The lowest BCUT2D eigenvalue weighted by atomic mass is 10.2. The van der Waals surface area contributed by atoms with E-state index in [1.54, 1.807) is 11.3 Å². The van der Waals surface area contributed by atoms with Gasteiger partial charge in [-0.2, -0.15) is 0 Å². The summed E-state index contributed by atoms with van der Waals surface area (Å²) in [7, 11) is 0. The molecule has 0 radical (unpaired) electrons. The summed E-state index contributed by atoms with van der Waals surface area (Å²) >= 11 is 9.87. The lowest BCUT2D eigenvalue weighted by Gasteiger charge is -2.07. The summed E-state index contributed by atoms with van der Waals surface area (Å²) in [5, 5.41) is 12.1. The lowest BCUT2D eigenvalue weighted by molar-refractivity contribution is 0.275. The molecule has 6 heteroatoms. The van der Waals surface area contributed by atoms with Crippen LogP contribution in [0.4, 0.5) is 5.69 Å². The van der Waals surface area contributed by atoms with E-state index in [2.05, 4.69) is 57.2 Å². The van der Waals surface area contributed by atoms with Crippen molar-refractivity contribution in [3.05, 3.63) is 67.3 Å². The molecule has 0 atom stereocenters. The molecule has 0 saturated heterocycles. The van der Waals surface area contributed by atoms with E-state index in [1.807, 2.05) is 28.8 Å². The lowest BCUT2D eigenvalue weighted by Crippen LogP contribution is -2.17. The third-order valence-electron chi connectivity index (χ3n) is 3.29. The zero-order valence-electron chi connectivity index (χ0n) is 12.1. The van der Waals surface area contributed by atoms with E-state index in [-0.39, 0.29) is 6.61 Å². The molecule has 3 aromatic rings. The first-order valence-electron chi connectivity index (χ1n) is 7.03. The number of benzene rings is 2. The average molecular weight is 457 g/mol. The summed E-state index contributed by atoms with van der Waals surface area (Å²) in [4.78, 5) is 5.51. The molecule has 1 aromatic heterocycles. The van der Waals surface area contributed by atoms with E-state index in [4.69, 9.17) is 11.6 Å². The Morgan fingerprint density at radius 1 is 1.17 bits per heavy atom. The van der Waals surface area contributed by atoms with Gasteiger partial charge in [0.15, 0.2) is 4.80 Å². The van der Waals surface area contributed by atoms with Crippen molar-refractivity contribution in [2.75, 3.05) is 6.61 Å². The fraction of sp³-hybridized carbons (Fsp3) is 0.118. The van der Waals surface area contributed by atoms with Gasteiger partial charge in [0.2, 0.25) is 0 Å². The number of aliphatic hydroxyl groups excluding tert-OH is 1. The topological polar surface area (TPSA) is 37.5 Å². The Balaban J connectivity index is 2.10. The summed E-state index contributed by atoms with van der Waals surface area (Å²) in [5.74, 6) is 0. The standard InChI is InChI=1S/C17H14ClIN2OS/c18-13-2-1-3-15(10-13)20-17-21(8-9-22)16(11-23-17)12-4-6-14(19)7-5-12/h1-7,10-11,22H,8-9H2. The molecular formula is C17H14ClIN2OS. The molecule has 0 aliphatic rings. The third kappa shape index (κ3) is 4.03. The summed E-state index contributed by atoms with van der Waals surface area (Å²) in [6.45, 7) is 0.570. The van der Waals surface area contributed by atoms with Gasteiger partial charge in [0.05, 0.1) is 18.0 Å². The SMILES string of the molecule is OCCn1c(-c2ccc(I)cc2)csc1=Nc1cccc(Cl)c1. The minimum absolute atomic E-state index is 0.0663. The molecule has 2 aromatic carbocycles. The highest BCUT2D eigenvalue weighted by atomic mass is 127. The molecule has 0 amide bonds. The highest BCUT2D eigenvalue weighted by Crippen LogP contribution is 2.22. The van der Waals surface area contributed by atoms with Crippen LogP contribution in [0.1, 0.15) is 0 Å².